The molecule has 0 spiro atoms. The molecule has 0 bridgehead atoms. The van der Waals surface area contributed by atoms with E-state index >= 15 is 0 Å². The molecule has 3 rings (SSSR count). The van der Waals surface area contributed by atoms with Crippen LogP contribution in [0, 0.1) is 0 Å². The van der Waals surface area contributed by atoms with Crippen molar-refractivity contribution in [2.75, 3.05) is 12.4 Å². The zero-order chi connectivity index (χ0) is 22.7. The van der Waals surface area contributed by atoms with Crippen LogP contribution in [0.15, 0.2) is 58.1 Å². The number of anilines is 2. The molecule has 0 aromatic heterocycles. The predicted molar refractivity (Wildman–Crippen MR) is 122 cm³/mol. The Hall–Kier alpha value is -3.01. The van der Waals surface area contributed by atoms with Gasteiger partial charge in [-0.05, 0) is 26.0 Å². The van der Waals surface area contributed by atoms with Gasteiger partial charge in [0.15, 0.2) is 5.75 Å². The number of rotatable bonds is 8. The van der Waals surface area contributed by atoms with Gasteiger partial charge in [-0.1, -0.05) is 67.0 Å². The van der Waals surface area contributed by atoms with Gasteiger partial charge in [-0.15, -0.1) is 0 Å². The second-order valence-corrected chi connectivity index (χ2v) is 7.68. The number of para-hydroxylation sites is 1. The number of phenols is 1. The number of amides is 1. The van der Waals surface area contributed by atoms with Gasteiger partial charge in [0.1, 0.15) is 0 Å². The number of hydrogen-bond donors (Lipinski definition) is 2. The average molecular weight is 427 g/mol. The Morgan fingerprint density at radius 3 is 2.31 bits per heavy atom. The molecule has 0 radical (unpaired) electrons. The smallest absolute Gasteiger partial charge is 0.673 e. The zero-order valence-corrected chi connectivity index (χ0v) is 19.0. The summed E-state index contributed by atoms with van der Waals surface area (Å²) in [6.45, 7) is 5.68. The third-order valence-electron chi connectivity index (χ3n) is 5.36. The molecule has 3 aromatic rings. The summed E-state index contributed by atoms with van der Waals surface area (Å²) < 4.78 is 0. The number of benzene rings is 2. The summed E-state index contributed by atoms with van der Waals surface area (Å²) in [5.74, 6) is -0.629. The number of phenolic OH excluding ortho intramolecular Hbond substituents is 1. The van der Waals surface area contributed by atoms with E-state index < -0.39 is 10.9 Å². The van der Waals surface area contributed by atoms with E-state index in [2.05, 4.69) is 10.6 Å². The van der Waals surface area contributed by atoms with Crippen LogP contribution in [0.5, 0.6) is 5.75 Å². The quantitative estimate of drug-likeness (QED) is 0.321. The standard InChI is InChI=1S/C24H27N3O4.Li/c1-5-17(15-10-7-6-8-11-15)25-19-20(23(30)22(19)29)26-18-13-9-12-16(21(18)28)24(31)27(4)14(2)3;/h6-14,17H,5H2,1-4H3,(H3,25,26,28,29,30,31);/q;+1/p-1/t17-;/m1./s1. The van der Waals surface area contributed by atoms with E-state index in [1.54, 1.807) is 13.1 Å². The van der Waals surface area contributed by atoms with Crippen LogP contribution in [0.25, 0.3) is 5.32 Å². The zero-order valence-electron chi connectivity index (χ0n) is 19.0. The van der Waals surface area contributed by atoms with Gasteiger partial charge < -0.3 is 20.6 Å². The molecule has 0 saturated heterocycles. The number of nitrogens with zero attached hydrogens (tertiary/aromatic N) is 2. The Morgan fingerprint density at radius 1 is 1.06 bits per heavy atom. The van der Waals surface area contributed by atoms with Crippen molar-refractivity contribution in [3.05, 3.63) is 85.4 Å². The SMILES string of the molecule is CC[C@@H]([N-]c1c(Nc2cccc(C(=O)N(C)C(C)C)c2O)c(=O)c1=O)c1ccccc1.[Li+]. The summed E-state index contributed by atoms with van der Waals surface area (Å²) in [5, 5.41) is 18.0. The first-order valence-electron chi connectivity index (χ1n) is 10.2. The van der Waals surface area contributed by atoms with Crippen molar-refractivity contribution in [3.8, 4) is 5.75 Å². The van der Waals surface area contributed by atoms with E-state index in [1.165, 1.54) is 17.0 Å². The molecule has 0 aliphatic heterocycles. The fraction of sp³-hybridized carbons (Fsp3) is 0.292. The third kappa shape index (κ3) is 4.90. The third-order valence-corrected chi connectivity index (χ3v) is 5.36. The van der Waals surface area contributed by atoms with E-state index in [1.807, 2.05) is 51.1 Å². The second-order valence-electron chi connectivity index (χ2n) is 7.68. The van der Waals surface area contributed by atoms with Crippen molar-refractivity contribution in [1.82, 2.24) is 4.90 Å². The Balaban J connectivity index is 0.00000363. The maximum Gasteiger partial charge on any atom is 1.00 e. The van der Waals surface area contributed by atoms with E-state index in [0.717, 1.165) is 5.56 Å². The van der Waals surface area contributed by atoms with E-state index in [4.69, 9.17) is 0 Å². The maximum absolute atomic E-state index is 12.6. The maximum atomic E-state index is 12.6. The second kappa shape index (κ2) is 10.5. The van der Waals surface area contributed by atoms with Crippen molar-refractivity contribution >= 4 is 23.0 Å². The summed E-state index contributed by atoms with van der Waals surface area (Å²) in [6.07, 6.45) is 0.652. The fourth-order valence-corrected chi connectivity index (χ4v) is 3.23. The normalized spacial score (nSPS) is 11.7. The van der Waals surface area contributed by atoms with Gasteiger partial charge in [0, 0.05) is 13.1 Å². The average Bonchev–Trinajstić information content (AvgIpc) is 2.78. The number of hydrogen-bond acceptors (Lipinski definition) is 5. The first kappa shape index (κ1) is 25.2. The summed E-state index contributed by atoms with van der Waals surface area (Å²) in [7, 11) is 1.65. The summed E-state index contributed by atoms with van der Waals surface area (Å²) in [5.41, 5.74) is -0.0718. The Labute approximate surface area is 199 Å². The summed E-state index contributed by atoms with van der Waals surface area (Å²) >= 11 is 0. The van der Waals surface area contributed by atoms with Gasteiger partial charge in [-0.25, -0.2) is 0 Å². The molecule has 0 fully saturated rings. The molecule has 0 unspecified atom stereocenters. The Bertz CT molecular complexity index is 1150. The van der Waals surface area contributed by atoms with Crippen molar-refractivity contribution in [2.24, 2.45) is 0 Å². The molecule has 2 N–H and O–H groups in total. The van der Waals surface area contributed by atoms with Gasteiger partial charge in [0.05, 0.1) is 16.9 Å². The minimum atomic E-state index is -0.697. The van der Waals surface area contributed by atoms with Crippen LogP contribution in [0.2, 0.25) is 0 Å². The molecule has 0 heterocycles. The number of aromatic hydroxyl groups is 1. The van der Waals surface area contributed by atoms with Crippen LogP contribution < -0.4 is 35.0 Å². The molecule has 1 atom stereocenters. The van der Waals surface area contributed by atoms with E-state index in [-0.39, 0.29) is 65.2 Å². The van der Waals surface area contributed by atoms with Crippen LogP contribution >= 0.6 is 0 Å². The minimum Gasteiger partial charge on any atom is -0.673 e. The fourth-order valence-electron chi connectivity index (χ4n) is 3.23. The van der Waals surface area contributed by atoms with Crippen molar-refractivity contribution in [2.45, 2.75) is 39.3 Å². The number of nitrogens with one attached hydrogen (secondary N) is 1. The molecule has 0 saturated carbocycles. The largest absolute Gasteiger partial charge is 1.00 e. The van der Waals surface area contributed by atoms with Crippen molar-refractivity contribution in [3.63, 3.8) is 0 Å². The van der Waals surface area contributed by atoms with Crippen LogP contribution in [0.1, 0.15) is 49.2 Å². The molecule has 7 nitrogen and oxygen atoms in total. The summed E-state index contributed by atoms with van der Waals surface area (Å²) in [6, 6.07) is 13.9. The minimum absolute atomic E-state index is 0. The van der Waals surface area contributed by atoms with E-state index in [9.17, 15) is 19.5 Å². The number of carbonyl (C=O) groups is 1. The van der Waals surface area contributed by atoms with Crippen LogP contribution in [0.3, 0.4) is 0 Å². The van der Waals surface area contributed by atoms with Crippen molar-refractivity contribution in [1.29, 1.82) is 0 Å². The molecule has 3 aromatic carbocycles. The molecular weight excluding hydrogens is 401 g/mol. The molecule has 1 amide bonds. The van der Waals surface area contributed by atoms with Crippen LogP contribution in [-0.4, -0.2) is 29.0 Å². The van der Waals surface area contributed by atoms with Gasteiger partial charge in [-0.3, -0.25) is 14.4 Å². The Morgan fingerprint density at radius 2 is 1.72 bits per heavy atom. The molecular formula is C24H26LiN3O4. The molecule has 0 aliphatic carbocycles. The van der Waals surface area contributed by atoms with Gasteiger partial charge in [0.2, 0.25) is 10.9 Å². The monoisotopic (exact) mass is 427 g/mol. The van der Waals surface area contributed by atoms with E-state index in [0.29, 0.717) is 6.42 Å². The van der Waals surface area contributed by atoms with Gasteiger partial charge in [-0.2, -0.15) is 0 Å². The topological polar surface area (TPSA) is 101 Å². The van der Waals surface area contributed by atoms with Gasteiger partial charge >= 0.3 is 18.9 Å². The summed E-state index contributed by atoms with van der Waals surface area (Å²) in [4.78, 5) is 38.6. The van der Waals surface area contributed by atoms with Crippen LogP contribution in [-0.2, 0) is 0 Å². The molecule has 0 aliphatic rings. The first-order chi connectivity index (χ1) is 14.8. The first-order valence-corrected chi connectivity index (χ1v) is 10.2. The molecule has 8 heteroatoms. The van der Waals surface area contributed by atoms with Crippen LogP contribution in [0.4, 0.5) is 17.1 Å². The van der Waals surface area contributed by atoms with Gasteiger partial charge in [0.25, 0.3) is 5.91 Å². The molecule has 162 valence electrons. The van der Waals surface area contributed by atoms with Crippen molar-refractivity contribution < 1.29 is 28.8 Å². The number of carbonyl (C=O) groups excluding carboxylic acids is 1. The predicted octanol–water partition coefficient (Wildman–Crippen LogP) is 1.37. The Kier molecular flexibility index (Phi) is 8.31. The molecule has 32 heavy (non-hydrogen) atoms.